The molecule has 0 spiro atoms. The number of halogens is 1. The summed E-state index contributed by atoms with van der Waals surface area (Å²) in [7, 11) is 1.66. The van der Waals surface area contributed by atoms with E-state index in [4.69, 9.17) is 4.74 Å². The minimum atomic E-state index is 0.160. The summed E-state index contributed by atoms with van der Waals surface area (Å²) in [6.45, 7) is 3.43. The summed E-state index contributed by atoms with van der Waals surface area (Å²) in [5.41, 5.74) is 0.714. The molecule has 1 fully saturated rings. The maximum atomic E-state index is 12.8. The zero-order valence-electron chi connectivity index (χ0n) is 13.0. The Kier molecular flexibility index (Phi) is 6.42. The van der Waals surface area contributed by atoms with Crippen LogP contribution in [0.25, 0.3) is 0 Å². The summed E-state index contributed by atoms with van der Waals surface area (Å²) >= 11 is 3.47. The third-order valence-corrected chi connectivity index (χ3v) is 5.03. The summed E-state index contributed by atoms with van der Waals surface area (Å²) in [5.74, 6) is 1.22. The lowest BCUT2D eigenvalue weighted by atomic mass is 9.78. The smallest absolute Gasteiger partial charge is 0.185 e. The molecule has 0 saturated heterocycles. The van der Waals surface area contributed by atoms with E-state index in [0.29, 0.717) is 18.8 Å². The maximum absolute atomic E-state index is 12.8. The highest BCUT2D eigenvalue weighted by Gasteiger charge is 2.29. The van der Waals surface area contributed by atoms with E-state index in [9.17, 15) is 4.79 Å². The molecular weight excluding hydrogens is 332 g/mol. The highest BCUT2D eigenvalue weighted by atomic mass is 79.9. The van der Waals surface area contributed by atoms with E-state index >= 15 is 0 Å². The number of rotatable bonds is 7. The summed E-state index contributed by atoms with van der Waals surface area (Å²) < 4.78 is 7.67. The fraction of sp³-hybridized carbons (Fsp3) is 0.750. The Morgan fingerprint density at radius 3 is 2.76 bits per heavy atom. The lowest BCUT2D eigenvalue weighted by molar-refractivity contribution is 0.0854. The molecule has 0 aromatic carbocycles. The molecule has 1 aromatic heterocycles. The minimum Gasteiger partial charge on any atom is -0.383 e. The van der Waals surface area contributed by atoms with E-state index in [0.717, 1.165) is 23.2 Å². The third-order valence-electron chi connectivity index (χ3n) is 4.45. The molecule has 1 heterocycles. The van der Waals surface area contributed by atoms with Crippen molar-refractivity contribution in [2.75, 3.05) is 13.7 Å². The number of ether oxygens (including phenoxy) is 1. The van der Waals surface area contributed by atoms with E-state index < -0.39 is 0 Å². The predicted molar refractivity (Wildman–Crippen MR) is 86.5 cm³/mol. The SMILES string of the molecule is CCCC1CCC(C(=O)c2c(Br)cnn2CCOC)CC1. The van der Waals surface area contributed by atoms with Crippen LogP contribution in [0.4, 0.5) is 0 Å². The van der Waals surface area contributed by atoms with Crippen LogP contribution in [0.15, 0.2) is 10.7 Å². The van der Waals surface area contributed by atoms with Gasteiger partial charge in [-0.05, 0) is 47.5 Å². The molecular formula is C16H25BrN2O2. The van der Waals surface area contributed by atoms with Crippen LogP contribution in [-0.2, 0) is 11.3 Å². The van der Waals surface area contributed by atoms with Crippen molar-refractivity contribution in [1.29, 1.82) is 0 Å². The fourth-order valence-electron chi connectivity index (χ4n) is 3.27. The van der Waals surface area contributed by atoms with Gasteiger partial charge >= 0.3 is 0 Å². The van der Waals surface area contributed by atoms with Crippen molar-refractivity contribution >= 4 is 21.7 Å². The zero-order chi connectivity index (χ0) is 15.2. The van der Waals surface area contributed by atoms with Crippen LogP contribution in [0.3, 0.4) is 0 Å². The number of Topliss-reactive ketones (excluding diaryl/α,β-unsaturated/α-hetero) is 1. The quantitative estimate of drug-likeness (QED) is 0.691. The molecule has 0 bridgehead atoms. The van der Waals surface area contributed by atoms with Crippen LogP contribution >= 0.6 is 15.9 Å². The molecule has 1 aliphatic carbocycles. The van der Waals surface area contributed by atoms with Crippen LogP contribution in [0.2, 0.25) is 0 Å². The van der Waals surface area contributed by atoms with Crippen LogP contribution in [0, 0.1) is 11.8 Å². The molecule has 1 saturated carbocycles. The molecule has 21 heavy (non-hydrogen) atoms. The molecule has 1 aromatic rings. The molecule has 0 amide bonds. The lowest BCUT2D eigenvalue weighted by Gasteiger charge is -2.27. The van der Waals surface area contributed by atoms with E-state index in [1.165, 1.54) is 25.7 Å². The molecule has 0 radical (unpaired) electrons. The molecule has 5 heteroatoms. The number of carbonyl (C=O) groups is 1. The second-order valence-electron chi connectivity index (χ2n) is 5.93. The van der Waals surface area contributed by atoms with Crippen LogP contribution in [0.1, 0.15) is 55.9 Å². The van der Waals surface area contributed by atoms with Gasteiger partial charge in [0, 0.05) is 13.0 Å². The molecule has 0 N–H and O–H groups in total. The first-order valence-electron chi connectivity index (χ1n) is 7.91. The van der Waals surface area contributed by atoms with Crippen LogP contribution < -0.4 is 0 Å². The fourth-order valence-corrected chi connectivity index (χ4v) is 3.76. The van der Waals surface area contributed by atoms with Crippen LogP contribution in [-0.4, -0.2) is 29.3 Å². The highest BCUT2D eigenvalue weighted by molar-refractivity contribution is 9.10. The normalized spacial score (nSPS) is 22.4. The van der Waals surface area contributed by atoms with Gasteiger partial charge in [0.2, 0.25) is 0 Å². The Hall–Kier alpha value is -0.680. The van der Waals surface area contributed by atoms with Gasteiger partial charge < -0.3 is 4.74 Å². The second kappa shape index (κ2) is 8.08. The number of methoxy groups -OCH3 is 1. The summed E-state index contributed by atoms with van der Waals surface area (Å²) in [6.07, 6.45) is 8.68. The largest absolute Gasteiger partial charge is 0.383 e. The minimum absolute atomic E-state index is 0.160. The highest BCUT2D eigenvalue weighted by Crippen LogP contribution is 2.34. The van der Waals surface area contributed by atoms with Gasteiger partial charge in [0.05, 0.1) is 23.8 Å². The first kappa shape index (κ1) is 16.7. The molecule has 118 valence electrons. The first-order chi connectivity index (χ1) is 10.2. The van der Waals surface area contributed by atoms with Crippen molar-refractivity contribution in [2.24, 2.45) is 11.8 Å². The summed E-state index contributed by atoms with van der Waals surface area (Å²) in [4.78, 5) is 12.8. The monoisotopic (exact) mass is 356 g/mol. The molecule has 4 nitrogen and oxygen atoms in total. The predicted octanol–water partition coefficient (Wildman–Crippen LogP) is 4.08. The Labute approximate surface area is 135 Å². The van der Waals surface area contributed by atoms with Crippen molar-refractivity contribution in [1.82, 2.24) is 9.78 Å². The van der Waals surface area contributed by atoms with Crippen molar-refractivity contribution < 1.29 is 9.53 Å². The topological polar surface area (TPSA) is 44.1 Å². The molecule has 0 atom stereocenters. The number of hydrogen-bond donors (Lipinski definition) is 0. The van der Waals surface area contributed by atoms with E-state index in [1.807, 2.05) is 0 Å². The van der Waals surface area contributed by atoms with Crippen molar-refractivity contribution in [2.45, 2.75) is 52.0 Å². The average Bonchev–Trinajstić information content (AvgIpc) is 2.86. The van der Waals surface area contributed by atoms with Gasteiger partial charge in [0.25, 0.3) is 0 Å². The lowest BCUT2D eigenvalue weighted by Crippen LogP contribution is -2.25. The molecule has 1 aliphatic rings. The first-order valence-corrected chi connectivity index (χ1v) is 8.71. The van der Waals surface area contributed by atoms with Crippen LogP contribution in [0.5, 0.6) is 0 Å². The van der Waals surface area contributed by atoms with Crippen molar-refractivity contribution in [3.8, 4) is 0 Å². The molecule has 0 unspecified atom stereocenters. The Balaban J connectivity index is 2.02. The van der Waals surface area contributed by atoms with Crippen molar-refractivity contribution in [3.63, 3.8) is 0 Å². The Morgan fingerprint density at radius 1 is 1.43 bits per heavy atom. The maximum Gasteiger partial charge on any atom is 0.185 e. The third kappa shape index (κ3) is 4.16. The van der Waals surface area contributed by atoms with E-state index in [-0.39, 0.29) is 11.7 Å². The number of hydrogen-bond acceptors (Lipinski definition) is 3. The zero-order valence-corrected chi connectivity index (χ0v) is 14.6. The number of carbonyl (C=O) groups excluding carboxylic acids is 1. The van der Waals surface area contributed by atoms with Gasteiger partial charge in [-0.25, -0.2) is 0 Å². The average molecular weight is 357 g/mol. The number of ketones is 1. The Morgan fingerprint density at radius 2 is 2.14 bits per heavy atom. The summed E-state index contributed by atoms with van der Waals surface area (Å²) in [5, 5.41) is 4.28. The molecule has 0 aliphatic heterocycles. The van der Waals surface area contributed by atoms with Gasteiger partial charge in [-0.15, -0.1) is 0 Å². The number of nitrogens with zero attached hydrogens (tertiary/aromatic N) is 2. The standard InChI is InChI=1S/C16H25BrN2O2/c1-3-4-12-5-7-13(8-6-12)16(20)15-14(17)11-18-19(15)9-10-21-2/h11-13H,3-10H2,1-2H3. The van der Waals surface area contributed by atoms with Crippen molar-refractivity contribution in [3.05, 3.63) is 16.4 Å². The van der Waals surface area contributed by atoms with Gasteiger partial charge in [-0.1, -0.05) is 19.8 Å². The van der Waals surface area contributed by atoms with Gasteiger partial charge in [-0.2, -0.15) is 5.10 Å². The van der Waals surface area contributed by atoms with E-state index in [1.54, 1.807) is 18.0 Å². The van der Waals surface area contributed by atoms with E-state index in [2.05, 4.69) is 28.0 Å². The number of aromatic nitrogens is 2. The van der Waals surface area contributed by atoms with Gasteiger partial charge in [-0.3, -0.25) is 9.48 Å². The van der Waals surface area contributed by atoms with Gasteiger partial charge in [0.1, 0.15) is 5.69 Å². The Bertz CT molecular complexity index is 465. The van der Waals surface area contributed by atoms with Gasteiger partial charge in [0.15, 0.2) is 5.78 Å². The second-order valence-corrected chi connectivity index (χ2v) is 6.78. The molecule has 2 rings (SSSR count). The summed E-state index contributed by atoms with van der Waals surface area (Å²) in [6, 6.07) is 0.